The van der Waals surface area contributed by atoms with E-state index in [2.05, 4.69) is 32.1 Å². The Kier molecular flexibility index (Phi) is 5.38. The molecule has 0 spiro atoms. The molecule has 2 aliphatic rings. The second kappa shape index (κ2) is 6.66. The van der Waals surface area contributed by atoms with E-state index in [4.69, 9.17) is 9.47 Å². The Morgan fingerprint density at radius 2 is 2.14 bits per heavy atom. The van der Waals surface area contributed by atoms with Gasteiger partial charge in [-0.1, -0.05) is 32.4 Å². The number of hydrogen-bond acceptors (Lipinski definition) is 2. The van der Waals surface area contributed by atoms with Gasteiger partial charge in [-0.15, -0.1) is 0 Å². The highest BCUT2D eigenvalue weighted by atomic mass is 16.6. The Bertz CT molecular complexity index is 196. The minimum absolute atomic E-state index is 0.472. The SMILES string of the molecule is CCC=CC1CO1.CCCC=C1CO1. The van der Waals surface area contributed by atoms with E-state index in [1.54, 1.807) is 0 Å². The molecule has 2 fully saturated rings. The predicted octanol–water partition coefficient (Wildman–Crippen LogP) is 3.05. The summed E-state index contributed by atoms with van der Waals surface area (Å²) in [5.41, 5.74) is 0. The topological polar surface area (TPSA) is 25.1 Å². The van der Waals surface area contributed by atoms with Gasteiger partial charge in [0.15, 0.2) is 0 Å². The third-order valence-corrected chi connectivity index (χ3v) is 1.92. The van der Waals surface area contributed by atoms with Crippen LogP contribution in [0.15, 0.2) is 24.0 Å². The largest absolute Gasteiger partial charge is 0.487 e. The summed E-state index contributed by atoms with van der Waals surface area (Å²) >= 11 is 0. The first-order chi connectivity index (χ1) is 6.86. The first kappa shape index (κ1) is 11.3. The zero-order chi connectivity index (χ0) is 10.2. The highest BCUT2D eigenvalue weighted by Gasteiger charge is 2.17. The summed E-state index contributed by atoms with van der Waals surface area (Å²) in [5.74, 6) is 1.18. The molecule has 1 atom stereocenters. The smallest absolute Gasteiger partial charge is 0.145 e. The maximum atomic E-state index is 4.92. The zero-order valence-corrected chi connectivity index (χ0v) is 9.16. The average Bonchev–Trinajstić information content (AvgIpc) is 3.04. The Morgan fingerprint density at radius 3 is 2.57 bits per heavy atom. The minimum Gasteiger partial charge on any atom is -0.487 e. The maximum Gasteiger partial charge on any atom is 0.145 e. The van der Waals surface area contributed by atoms with Crippen molar-refractivity contribution in [3.05, 3.63) is 24.0 Å². The fourth-order valence-electron chi connectivity index (χ4n) is 0.919. The van der Waals surface area contributed by atoms with Gasteiger partial charge in [0.25, 0.3) is 0 Å². The molecule has 14 heavy (non-hydrogen) atoms. The Labute approximate surface area is 86.6 Å². The number of ether oxygens (including phenoxy) is 2. The number of hydrogen-bond donors (Lipinski definition) is 0. The fraction of sp³-hybridized carbons (Fsp3) is 0.667. The van der Waals surface area contributed by atoms with Crippen LogP contribution < -0.4 is 0 Å². The van der Waals surface area contributed by atoms with Crippen molar-refractivity contribution in [3.8, 4) is 0 Å². The van der Waals surface area contributed by atoms with Gasteiger partial charge in [-0.2, -0.15) is 0 Å². The summed E-state index contributed by atoms with van der Waals surface area (Å²) in [7, 11) is 0. The highest BCUT2D eigenvalue weighted by molar-refractivity contribution is 5.03. The van der Waals surface area contributed by atoms with Crippen LogP contribution in [0.2, 0.25) is 0 Å². The van der Waals surface area contributed by atoms with E-state index in [1.807, 2.05) is 0 Å². The van der Waals surface area contributed by atoms with Crippen molar-refractivity contribution < 1.29 is 9.47 Å². The first-order valence-corrected chi connectivity index (χ1v) is 5.47. The van der Waals surface area contributed by atoms with Crippen molar-refractivity contribution in [1.82, 2.24) is 0 Å². The lowest BCUT2D eigenvalue weighted by Gasteiger charge is -1.75. The predicted molar refractivity (Wildman–Crippen MR) is 58.1 cm³/mol. The number of allylic oxidation sites excluding steroid dienone is 2. The van der Waals surface area contributed by atoms with Crippen LogP contribution in [0.5, 0.6) is 0 Å². The summed E-state index contributed by atoms with van der Waals surface area (Å²) in [6.07, 6.45) is 10.4. The van der Waals surface area contributed by atoms with E-state index >= 15 is 0 Å². The third-order valence-electron chi connectivity index (χ3n) is 1.92. The maximum absolute atomic E-state index is 4.92. The van der Waals surface area contributed by atoms with Gasteiger partial charge in [0.2, 0.25) is 0 Å². The van der Waals surface area contributed by atoms with Crippen LogP contribution in [0.25, 0.3) is 0 Å². The molecule has 0 aromatic rings. The minimum atomic E-state index is 0.472. The average molecular weight is 196 g/mol. The number of unbranched alkanes of at least 4 members (excludes halogenated alkanes) is 1. The molecule has 0 bridgehead atoms. The molecule has 0 saturated carbocycles. The molecule has 80 valence electrons. The van der Waals surface area contributed by atoms with Crippen LogP contribution in [0.1, 0.15) is 33.1 Å². The molecule has 2 heterocycles. The molecule has 2 saturated heterocycles. The molecule has 2 aliphatic heterocycles. The quantitative estimate of drug-likeness (QED) is 0.510. The van der Waals surface area contributed by atoms with Gasteiger partial charge < -0.3 is 9.47 Å². The monoisotopic (exact) mass is 196 g/mol. The van der Waals surface area contributed by atoms with Crippen molar-refractivity contribution in [2.45, 2.75) is 39.2 Å². The van der Waals surface area contributed by atoms with Gasteiger partial charge in [-0.05, 0) is 18.9 Å². The number of rotatable bonds is 4. The van der Waals surface area contributed by atoms with Crippen molar-refractivity contribution in [2.24, 2.45) is 0 Å². The number of epoxide rings is 2. The summed E-state index contributed by atoms with van der Waals surface area (Å²) in [5, 5.41) is 0. The second-order valence-electron chi connectivity index (χ2n) is 3.46. The lowest BCUT2D eigenvalue weighted by molar-refractivity contribution is 0.440. The molecule has 0 amide bonds. The summed E-state index contributed by atoms with van der Waals surface area (Å²) in [6.45, 7) is 6.12. The summed E-state index contributed by atoms with van der Waals surface area (Å²) in [6, 6.07) is 0. The lowest BCUT2D eigenvalue weighted by atomic mass is 10.3. The molecule has 0 aromatic carbocycles. The first-order valence-electron chi connectivity index (χ1n) is 5.47. The van der Waals surface area contributed by atoms with Gasteiger partial charge in [0, 0.05) is 0 Å². The van der Waals surface area contributed by atoms with Gasteiger partial charge in [0.1, 0.15) is 12.4 Å². The van der Waals surface area contributed by atoms with Gasteiger partial charge >= 0.3 is 0 Å². The molecule has 0 radical (unpaired) electrons. The van der Waals surface area contributed by atoms with Crippen molar-refractivity contribution in [2.75, 3.05) is 13.2 Å². The normalized spacial score (nSPS) is 25.6. The van der Waals surface area contributed by atoms with E-state index in [9.17, 15) is 0 Å². The van der Waals surface area contributed by atoms with Crippen LogP contribution in [-0.4, -0.2) is 19.3 Å². The second-order valence-corrected chi connectivity index (χ2v) is 3.46. The standard InChI is InChI=1S/2C6H10O/c2*1-2-3-4-6-5-7-6/h4H,2-3,5H2,1H3;3-4,6H,2,5H2,1H3. The summed E-state index contributed by atoms with van der Waals surface area (Å²) < 4.78 is 9.80. The van der Waals surface area contributed by atoms with Crippen LogP contribution in [0, 0.1) is 0 Å². The van der Waals surface area contributed by atoms with Crippen LogP contribution in [-0.2, 0) is 9.47 Å². The van der Waals surface area contributed by atoms with Gasteiger partial charge in [-0.25, -0.2) is 0 Å². The Morgan fingerprint density at radius 1 is 1.43 bits per heavy atom. The van der Waals surface area contributed by atoms with Crippen molar-refractivity contribution in [3.63, 3.8) is 0 Å². The molecular formula is C12H20O2. The van der Waals surface area contributed by atoms with E-state index in [0.29, 0.717) is 6.10 Å². The van der Waals surface area contributed by atoms with Gasteiger partial charge in [0.05, 0.1) is 12.7 Å². The van der Waals surface area contributed by atoms with Crippen molar-refractivity contribution in [1.29, 1.82) is 0 Å². The van der Waals surface area contributed by atoms with Gasteiger partial charge in [-0.3, -0.25) is 0 Å². The molecular weight excluding hydrogens is 176 g/mol. The van der Waals surface area contributed by atoms with E-state index in [0.717, 1.165) is 19.6 Å². The highest BCUT2D eigenvalue weighted by Crippen LogP contribution is 2.14. The molecule has 2 nitrogen and oxygen atoms in total. The molecule has 2 heteroatoms. The Balaban J connectivity index is 0.000000140. The fourth-order valence-corrected chi connectivity index (χ4v) is 0.919. The van der Waals surface area contributed by atoms with Crippen LogP contribution >= 0.6 is 0 Å². The summed E-state index contributed by atoms with van der Waals surface area (Å²) in [4.78, 5) is 0. The van der Waals surface area contributed by atoms with E-state index < -0.39 is 0 Å². The van der Waals surface area contributed by atoms with E-state index in [-0.39, 0.29) is 0 Å². The molecule has 0 N–H and O–H groups in total. The van der Waals surface area contributed by atoms with E-state index in [1.165, 1.54) is 18.6 Å². The van der Waals surface area contributed by atoms with Crippen LogP contribution in [0.3, 0.4) is 0 Å². The molecule has 0 aliphatic carbocycles. The van der Waals surface area contributed by atoms with Crippen LogP contribution in [0.4, 0.5) is 0 Å². The zero-order valence-electron chi connectivity index (χ0n) is 9.16. The molecule has 2 rings (SSSR count). The third kappa shape index (κ3) is 6.72. The lowest BCUT2D eigenvalue weighted by Crippen LogP contribution is -1.70. The van der Waals surface area contributed by atoms with Crippen molar-refractivity contribution >= 4 is 0 Å². The Hall–Kier alpha value is -0.760. The molecule has 0 aromatic heterocycles. The molecule has 1 unspecified atom stereocenters.